The maximum absolute atomic E-state index is 14.2. The molecule has 0 aliphatic carbocycles. The van der Waals surface area contributed by atoms with Gasteiger partial charge in [-0.2, -0.15) is 18.9 Å². The van der Waals surface area contributed by atoms with E-state index in [0.29, 0.717) is 55.9 Å². The molecule has 36 heavy (non-hydrogen) atoms. The molecule has 1 fully saturated rings. The number of nitrogens with one attached hydrogen (secondary N) is 2. The van der Waals surface area contributed by atoms with Crippen LogP contribution in [0.3, 0.4) is 0 Å². The van der Waals surface area contributed by atoms with Gasteiger partial charge in [0.2, 0.25) is 5.95 Å². The highest BCUT2D eigenvalue weighted by Gasteiger charge is 2.27. The van der Waals surface area contributed by atoms with Gasteiger partial charge in [-0.25, -0.2) is 19.8 Å². The van der Waals surface area contributed by atoms with Crippen molar-refractivity contribution in [3.05, 3.63) is 78.0 Å². The number of halogens is 3. The largest absolute Gasteiger partial charge is 0.378 e. The molecule has 1 saturated heterocycles. The number of morpholine rings is 1. The summed E-state index contributed by atoms with van der Waals surface area (Å²) in [6.07, 6.45) is 3.82. The second kappa shape index (κ2) is 11.2. The molecule has 0 spiro atoms. The van der Waals surface area contributed by atoms with Gasteiger partial charge in [-0.15, -0.1) is 0 Å². The average Bonchev–Trinajstić information content (AvgIpc) is 2.91. The van der Waals surface area contributed by atoms with Gasteiger partial charge in [-0.05, 0) is 36.8 Å². The van der Waals surface area contributed by atoms with Gasteiger partial charge in [-0.1, -0.05) is 25.6 Å². The maximum atomic E-state index is 14.2. The molecule has 1 aliphatic heterocycles. The normalized spacial score (nSPS) is 14.2. The van der Waals surface area contributed by atoms with Gasteiger partial charge in [0, 0.05) is 24.3 Å². The van der Waals surface area contributed by atoms with Gasteiger partial charge in [0.05, 0.1) is 42.7 Å². The van der Waals surface area contributed by atoms with Crippen molar-refractivity contribution in [2.24, 2.45) is 5.10 Å². The number of anilines is 4. The van der Waals surface area contributed by atoms with Crippen molar-refractivity contribution in [1.82, 2.24) is 15.0 Å². The smallest absolute Gasteiger partial charge is 0.291 e. The Kier molecular flexibility index (Phi) is 7.79. The third-order valence-corrected chi connectivity index (χ3v) is 5.51. The lowest BCUT2D eigenvalue weighted by molar-refractivity contribution is 0.0526. The molecule has 4 rings (SSSR count). The topological polar surface area (TPSA) is 87.6 Å². The first-order valence-corrected chi connectivity index (χ1v) is 11.4. The van der Waals surface area contributed by atoms with Crippen LogP contribution in [-0.4, -0.2) is 47.5 Å². The van der Waals surface area contributed by atoms with E-state index in [4.69, 9.17) is 4.74 Å². The Morgan fingerprint density at radius 1 is 1.19 bits per heavy atom. The Bertz CT molecular complexity index is 1250. The van der Waals surface area contributed by atoms with Crippen LogP contribution in [0, 0.1) is 5.82 Å². The first-order valence-electron chi connectivity index (χ1n) is 11.4. The SMILES string of the molecule is C=CC(F)(F)c1cccc(Nc2ccc(/C=N/Nc3ncc(F)c(N4CCOCC4)n3)nc2CC)c1. The Morgan fingerprint density at radius 3 is 2.75 bits per heavy atom. The second-order valence-electron chi connectivity index (χ2n) is 7.95. The van der Waals surface area contributed by atoms with Gasteiger partial charge in [0.15, 0.2) is 11.6 Å². The first-order chi connectivity index (χ1) is 17.4. The minimum Gasteiger partial charge on any atom is -0.378 e. The minimum atomic E-state index is -3.12. The number of benzene rings is 1. The summed E-state index contributed by atoms with van der Waals surface area (Å²) in [6, 6.07) is 9.54. The fourth-order valence-corrected chi connectivity index (χ4v) is 3.62. The van der Waals surface area contributed by atoms with Crippen LogP contribution >= 0.6 is 0 Å². The average molecular weight is 498 g/mol. The predicted molar refractivity (Wildman–Crippen MR) is 134 cm³/mol. The Labute approximate surface area is 206 Å². The monoisotopic (exact) mass is 497 g/mol. The molecule has 1 aliphatic rings. The fourth-order valence-electron chi connectivity index (χ4n) is 3.62. The van der Waals surface area contributed by atoms with E-state index in [-0.39, 0.29) is 17.3 Å². The molecule has 0 saturated carbocycles. The summed E-state index contributed by atoms with van der Waals surface area (Å²) in [5.41, 5.74) is 5.05. The third kappa shape index (κ3) is 5.98. The van der Waals surface area contributed by atoms with E-state index in [2.05, 4.69) is 37.4 Å². The molecule has 1 aromatic carbocycles. The third-order valence-electron chi connectivity index (χ3n) is 5.51. The van der Waals surface area contributed by atoms with Crippen LogP contribution in [0.2, 0.25) is 0 Å². The molecule has 0 unspecified atom stereocenters. The van der Waals surface area contributed by atoms with E-state index >= 15 is 0 Å². The van der Waals surface area contributed by atoms with Crippen molar-refractivity contribution in [3.63, 3.8) is 0 Å². The molecule has 11 heteroatoms. The second-order valence-corrected chi connectivity index (χ2v) is 7.95. The molecule has 0 radical (unpaired) electrons. The summed E-state index contributed by atoms with van der Waals surface area (Å²) in [7, 11) is 0. The van der Waals surface area contributed by atoms with E-state index in [1.165, 1.54) is 18.3 Å². The number of hydrogen-bond acceptors (Lipinski definition) is 8. The lowest BCUT2D eigenvalue weighted by Gasteiger charge is -2.27. The zero-order valence-electron chi connectivity index (χ0n) is 19.7. The first kappa shape index (κ1) is 25.1. The summed E-state index contributed by atoms with van der Waals surface area (Å²) in [5.74, 6) is -3.28. The minimum absolute atomic E-state index is 0.150. The number of pyridine rings is 1. The summed E-state index contributed by atoms with van der Waals surface area (Å²) >= 11 is 0. The number of rotatable bonds is 9. The lowest BCUT2D eigenvalue weighted by atomic mass is 10.1. The number of allylic oxidation sites excluding steroid dienone is 1. The van der Waals surface area contributed by atoms with Crippen molar-refractivity contribution in [1.29, 1.82) is 0 Å². The van der Waals surface area contributed by atoms with Crippen LogP contribution in [0.4, 0.5) is 36.3 Å². The van der Waals surface area contributed by atoms with E-state index in [1.807, 2.05) is 6.92 Å². The molecule has 2 N–H and O–H groups in total. The van der Waals surface area contributed by atoms with Crippen LogP contribution in [-0.2, 0) is 17.1 Å². The molecule has 0 atom stereocenters. The molecule has 2 aromatic heterocycles. The summed E-state index contributed by atoms with van der Waals surface area (Å²) in [6.45, 7) is 7.24. The number of aryl methyl sites for hydroxylation is 1. The Balaban J connectivity index is 1.45. The van der Waals surface area contributed by atoms with Crippen molar-refractivity contribution in [2.45, 2.75) is 19.3 Å². The van der Waals surface area contributed by atoms with E-state index < -0.39 is 11.7 Å². The van der Waals surface area contributed by atoms with Crippen molar-refractivity contribution < 1.29 is 17.9 Å². The molecule has 0 bridgehead atoms. The number of alkyl halides is 2. The highest BCUT2D eigenvalue weighted by molar-refractivity contribution is 5.79. The van der Waals surface area contributed by atoms with Gasteiger partial charge >= 0.3 is 0 Å². The maximum Gasteiger partial charge on any atom is 0.291 e. The fraction of sp³-hybridized carbons (Fsp3) is 0.280. The van der Waals surface area contributed by atoms with Gasteiger partial charge in [0.1, 0.15) is 0 Å². The van der Waals surface area contributed by atoms with E-state index in [1.54, 1.807) is 29.2 Å². The number of ether oxygens (including phenoxy) is 1. The van der Waals surface area contributed by atoms with Crippen molar-refractivity contribution >= 4 is 29.4 Å². The van der Waals surface area contributed by atoms with Gasteiger partial charge in [-0.3, -0.25) is 0 Å². The van der Waals surface area contributed by atoms with Crippen LogP contribution < -0.4 is 15.6 Å². The van der Waals surface area contributed by atoms with Crippen LogP contribution in [0.1, 0.15) is 23.9 Å². The quantitative estimate of drug-likeness (QED) is 0.248. The predicted octanol–water partition coefficient (Wildman–Crippen LogP) is 4.88. The van der Waals surface area contributed by atoms with Gasteiger partial charge in [0.25, 0.3) is 5.92 Å². The standard InChI is InChI=1S/C25H26F3N7O/c1-3-21-22(31-18-7-5-6-17(14-18)25(27,28)4-2)9-8-19(32-21)15-30-34-24-29-16-20(26)23(33-24)35-10-12-36-13-11-35/h4-9,14-16,31H,2-3,10-13H2,1H3,(H,29,33,34)/b30-15+. The Morgan fingerprint density at radius 2 is 2.00 bits per heavy atom. The highest BCUT2D eigenvalue weighted by Crippen LogP contribution is 2.31. The zero-order chi connectivity index (χ0) is 25.5. The highest BCUT2D eigenvalue weighted by atomic mass is 19.3. The molecule has 188 valence electrons. The summed E-state index contributed by atoms with van der Waals surface area (Å²) in [4.78, 5) is 14.5. The number of hydrogen-bond donors (Lipinski definition) is 2. The lowest BCUT2D eigenvalue weighted by Crippen LogP contribution is -2.37. The van der Waals surface area contributed by atoms with Crippen molar-refractivity contribution in [3.8, 4) is 0 Å². The molecular formula is C25H26F3N7O. The van der Waals surface area contributed by atoms with Gasteiger partial charge < -0.3 is 15.0 Å². The number of aromatic nitrogens is 3. The summed E-state index contributed by atoms with van der Waals surface area (Å²) in [5, 5.41) is 7.28. The van der Waals surface area contributed by atoms with Crippen LogP contribution in [0.15, 0.2) is 60.4 Å². The number of hydrazone groups is 1. The molecular weight excluding hydrogens is 471 g/mol. The zero-order valence-corrected chi connectivity index (χ0v) is 19.7. The molecule has 0 amide bonds. The van der Waals surface area contributed by atoms with Crippen LogP contribution in [0.5, 0.6) is 0 Å². The number of nitrogens with zero attached hydrogens (tertiary/aromatic N) is 5. The molecule has 3 heterocycles. The summed E-state index contributed by atoms with van der Waals surface area (Å²) < 4.78 is 47.4. The van der Waals surface area contributed by atoms with E-state index in [0.717, 1.165) is 11.9 Å². The molecule has 3 aromatic rings. The Hall–Kier alpha value is -3.99. The van der Waals surface area contributed by atoms with Crippen LogP contribution in [0.25, 0.3) is 0 Å². The molecule has 8 nitrogen and oxygen atoms in total. The van der Waals surface area contributed by atoms with E-state index in [9.17, 15) is 13.2 Å². The van der Waals surface area contributed by atoms with Crippen molar-refractivity contribution in [2.75, 3.05) is 41.9 Å².